The zero-order valence-electron chi connectivity index (χ0n) is 7.09. The first-order chi connectivity index (χ1) is 4.37. The van der Waals surface area contributed by atoms with Crippen LogP contribution in [0.5, 0.6) is 0 Å². The van der Waals surface area contributed by atoms with Crippen LogP contribution in [-0.4, -0.2) is 17.1 Å². The van der Waals surface area contributed by atoms with Gasteiger partial charge in [0.05, 0.1) is 5.92 Å². The van der Waals surface area contributed by atoms with E-state index < -0.39 is 5.97 Å². The Bertz CT molecular complexity index is 87.8. The molecule has 0 radical (unpaired) electrons. The van der Waals surface area contributed by atoms with E-state index >= 15 is 0 Å². The summed E-state index contributed by atoms with van der Waals surface area (Å²) in [5.74, 6) is -0.972. The van der Waals surface area contributed by atoms with E-state index in [0.717, 1.165) is 0 Å². The molecule has 0 amide bonds. The highest BCUT2D eigenvalue weighted by Gasteiger charge is 1.99. The van der Waals surface area contributed by atoms with Crippen molar-refractivity contribution in [3.63, 3.8) is 0 Å². The molecule has 12 heavy (non-hydrogen) atoms. The number of hydrogen-bond acceptors (Lipinski definition) is 2. The van der Waals surface area contributed by atoms with Gasteiger partial charge in [-0.05, 0) is 6.04 Å². The summed E-state index contributed by atoms with van der Waals surface area (Å²) in [6.45, 7) is 7.17. The van der Waals surface area contributed by atoms with Gasteiger partial charge in [-0.15, -0.1) is 0 Å². The van der Waals surface area contributed by atoms with Gasteiger partial charge in [0.15, 0.2) is 0 Å². The van der Waals surface area contributed by atoms with Gasteiger partial charge in [0.1, 0.15) is 0 Å². The number of aliphatic carboxylic acids is 1. The Morgan fingerprint density at radius 3 is 1.25 bits per heavy atom. The molecule has 3 N–H and O–H groups in total. The molecule has 0 spiro atoms. The summed E-state index contributed by atoms with van der Waals surface area (Å²) in [4.78, 5) is 9.70. The molecule has 0 saturated heterocycles. The summed E-state index contributed by atoms with van der Waals surface area (Å²) in [7, 11) is 0. The molecule has 0 heterocycles. The molecule has 0 atom stereocenters. The van der Waals surface area contributed by atoms with Gasteiger partial charge in [-0.25, -0.2) is 0 Å². The Kier molecular flexibility index (Phi) is 24.5. The number of carboxylic acids is 1. The minimum atomic E-state index is -0.741. The molecule has 78 valence electrons. The van der Waals surface area contributed by atoms with Gasteiger partial charge in [-0.3, -0.25) is 4.79 Å². The molecule has 0 aliphatic rings. The van der Waals surface area contributed by atoms with Gasteiger partial charge in [0, 0.05) is 0 Å². The van der Waals surface area contributed by atoms with Crippen LogP contribution in [0.25, 0.3) is 0 Å². The molecule has 0 saturated carbocycles. The van der Waals surface area contributed by atoms with Crippen molar-refractivity contribution in [3.8, 4) is 0 Å². The molecular weight excluding hydrogens is 154 g/mol. The maximum Gasteiger partial charge on any atom is 0.305 e. The second-order valence-electron chi connectivity index (χ2n) is 2.74. The number of carboxylic acid groups (broad SMARTS) is 1. The van der Waals surface area contributed by atoms with Crippen molar-refractivity contribution in [3.05, 3.63) is 0 Å². The molecule has 0 rings (SSSR count). The van der Waals surface area contributed by atoms with E-state index in [-0.39, 0.29) is 20.8 Å². The summed E-state index contributed by atoms with van der Waals surface area (Å²) in [6.07, 6.45) is 0. The highest BCUT2D eigenvalue weighted by Crippen LogP contribution is 1.87. The lowest BCUT2D eigenvalue weighted by atomic mass is 10.2. The third-order valence-corrected chi connectivity index (χ3v) is 0.494. The minimum Gasteiger partial charge on any atom is -0.481 e. The quantitative estimate of drug-likeness (QED) is 0.649. The molecule has 0 aliphatic carbocycles. The fraction of sp³-hybridized carbons (Fsp3) is 0.889. The molecule has 0 unspecified atom stereocenters. The lowest BCUT2D eigenvalue weighted by Crippen LogP contribution is -2.06. The maximum atomic E-state index is 9.70. The SMILES string of the molecule is C.C.CC(C)C(=O)O.CC(C)N. The van der Waals surface area contributed by atoms with E-state index in [4.69, 9.17) is 10.8 Å². The Labute approximate surface area is 77.0 Å². The zero-order chi connectivity index (χ0) is 8.73. The summed E-state index contributed by atoms with van der Waals surface area (Å²) in [6, 6.07) is 0.333. The van der Waals surface area contributed by atoms with E-state index in [9.17, 15) is 4.79 Å². The summed E-state index contributed by atoms with van der Waals surface area (Å²) in [5.41, 5.74) is 5.11. The molecule has 0 fully saturated rings. The maximum absolute atomic E-state index is 9.70. The van der Waals surface area contributed by atoms with Gasteiger partial charge in [-0.1, -0.05) is 42.5 Å². The predicted octanol–water partition coefficient (Wildman–Crippen LogP) is 2.35. The first-order valence-electron chi connectivity index (χ1n) is 3.36. The Balaban J connectivity index is -0.0000000483. The van der Waals surface area contributed by atoms with Crippen molar-refractivity contribution in [1.29, 1.82) is 0 Å². The van der Waals surface area contributed by atoms with Crippen molar-refractivity contribution in [1.82, 2.24) is 0 Å². The normalized spacial score (nSPS) is 7.58. The Morgan fingerprint density at radius 2 is 1.25 bits per heavy atom. The average Bonchev–Trinajstić information content (AvgIpc) is 1.63. The minimum absolute atomic E-state index is 0. The van der Waals surface area contributed by atoms with Gasteiger partial charge in [0.25, 0.3) is 0 Å². The van der Waals surface area contributed by atoms with Crippen LogP contribution in [0.3, 0.4) is 0 Å². The number of hydrogen-bond donors (Lipinski definition) is 2. The average molecular weight is 179 g/mol. The van der Waals surface area contributed by atoms with Gasteiger partial charge in [0.2, 0.25) is 0 Å². The fourth-order valence-corrected chi connectivity index (χ4v) is 0. The molecule has 0 aromatic rings. The lowest BCUT2D eigenvalue weighted by molar-refractivity contribution is -0.140. The zero-order valence-corrected chi connectivity index (χ0v) is 7.09. The fourth-order valence-electron chi connectivity index (χ4n) is 0. The van der Waals surface area contributed by atoms with E-state index in [1.165, 1.54) is 0 Å². The van der Waals surface area contributed by atoms with Gasteiger partial charge in [-0.2, -0.15) is 0 Å². The first kappa shape index (κ1) is 22.5. The van der Waals surface area contributed by atoms with Crippen LogP contribution in [-0.2, 0) is 4.79 Å². The van der Waals surface area contributed by atoms with Crippen LogP contribution in [0.1, 0.15) is 42.5 Å². The second kappa shape index (κ2) is 13.1. The third-order valence-electron chi connectivity index (χ3n) is 0.494. The standard InChI is InChI=1S/C4H8O2.C3H9N.2CH4/c1-3(2)4(5)6;1-3(2)4;;/h3H,1-2H3,(H,5,6);3H,4H2,1-2H3;2*1H4. The van der Waals surface area contributed by atoms with Crippen LogP contribution in [0.15, 0.2) is 0 Å². The topological polar surface area (TPSA) is 63.3 Å². The van der Waals surface area contributed by atoms with Crippen LogP contribution in [0.4, 0.5) is 0 Å². The van der Waals surface area contributed by atoms with E-state index in [0.29, 0.717) is 6.04 Å². The van der Waals surface area contributed by atoms with E-state index in [2.05, 4.69) is 0 Å². The molecule has 0 aromatic carbocycles. The predicted molar refractivity (Wildman–Crippen MR) is 55.3 cm³/mol. The first-order valence-corrected chi connectivity index (χ1v) is 3.36. The highest BCUT2D eigenvalue weighted by atomic mass is 16.4. The van der Waals surface area contributed by atoms with Crippen molar-refractivity contribution < 1.29 is 9.90 Å². The van der Waals surface area contributed by atoms with Crippen LogP contribution < -0.4 is 5.73 Å². The van der Waals surface area contributed by atoms with Gasteiger partial charge >= 0.3 is 5.97 Å². The number of carbonyl (C=O) groups is 1. The van der Waals surface area contributed by atoms with Gasteiger partial charge < -0.3 is 10.8 Å². The molecule has 3 nitrogen and oxygen atoms in total. The Hall–Kier alpha value is -0.570. The molecular formula is C9H25NO2. The molecule has 0 aromatic heterocycles. The molecule has 0 aliphatic heterocycles. The van der Waals surface area contributed by atoms with E-state index in [1.807, 2.05) is 13.8 Å². The number of rotatable bonds is 1. The third kappa shape index (κ3) is 57.0. The highest BCUT2D eigenvalue weighted by molar-refractivity contribution is 5.68. The van der Waals surface area contributed by atoms with Crippen molar-refractivity contribution in [2.45, 2.75) is 48.6 Å². The molecule has 3 heteroatoms. The second-order valence-corrected chi connectivity index (χ2v) is 2.74. The summed E-state index contributed by atoms with van der Waals surface area (Å²) >= 11 is 0. The summed E-state index contributed by atoms with van der Waals surface area (Å²) < 4.78 is 0. The lowest BCUT2D eigenvalue weighted by Gasteiger charge is -1.89. The van der Waals surface area contributed by atoms with E-state index in [1.54, 1.807) is 13.8 Å². The smallest absolute Gasteiger partial charge is 0.305 e. The van der Waals surface area contributed by atoms with Crippen molar-refractivity contribution >= 4 is 5.97 Å². The summed E-state index contributed by atoms with van der Waals surface area (Å²) in [5, 5.41) is 7.99. The largest absolute Gasteiger partial charge is 0.481 e. The molecule has 0 bridgehead atoms. The van der Waals surface area contributed by atoms with Crippen LogP contribution in [0.2, 0.25) is 0 Å². The van der Waals surface area contributed by atoms with Crippen molar-refractivity contribution in [2.75, 3.05) is 0 Å². The monoisotopic (exact) mass is 179 g/mol. The number of nitrogens with two attached hydrogens (primary N) is 1. The Morgan fingerprint density at radius 1 is 1.17 bits per heavy atom. The van der Waals surface area contributed by atoms with Crippen LogP contribution >= 0.6 is 0 Å². The van der Waals surface area contributed by atoms with Crippen LogP contribution in [0, 0.1) is 5.92 Å². The van der Waals surface area contributed by atoms with Crippen molar-refractivity contribution in [2.24, 2.45) is 11.7 Å².